The highest BCUT2D eigenvalue weighted by Gasteiger charge is 2.21. The minimum atomic E-state index is 0.582. The molecule has 2 aromatic carbocycles. The first-order chi connectivity index (χ1) is 15.2. The van der Waals surface area contributed by atoms with Crippen molar-refractivity contribution in [1.29, 1.82) is 0 Å². The number of benzene rings is 2. The summed E-state index contributed by atoms with van der Waals surface area (Å²) in [6.07, 6.45) is 0. The van der Waals surface area contributed by atoms with Crippen LogP contribution in [0.2, 0.25) is 5.02 Å². The van der Waals surface area contributed by atoms with Crippen LogP contribution >= 0.6 is 11.6 Å². The third-order valence-corrected chi connectivity index (χ3v) is 5.55. The zero-order valence-electron chi connectivity index (χ0n) is 16.8. The number of para-hydroxylation sites is 1. The Morgan fingerprint density at radius 3 is 2.32 bits per heavy atom. The summed E-state index contributed by atoms with van der Waals surface area (Å²) in [5.41, 5.74) is 1.86. The Morgan fingerprint density at radius 2 is 1.58 bits per heavy atom. The molecule has 31 heavy (non-hydrogen) atoms. The van der Waals surface area contributed by atoms with Crippen molar-refractivity contribution in [2.45, 2.75) is 13.1 Å². The third-order valence-electron chi connectivity index (χ3n) is 5.29. The van der Waals surface area contributed by atoms with Gasteiger partial charge in [-0.05, 0) is 46.8 Å². The number of hydrogen-bond donors (Lipinski definition) is 0. The number of tetrazole rings is 1. The summed E-state index contributed by atoms with van der Waals surface area (Å²) in [6, 6.07) is 17.4. The highest BCUT2D eigenvalue weighted by atomic mass is 35.5. The molecule has 0 bridgehead atoms. The molecule has 158 valence electrons. The van der Waals surface area contributed by atoms with Crippen molar-refractivity contribution >= 4 is 11.6 Å². The highest BCUT2D eigenvalue weighted by Crippen LogP contribution is 2.19. The Morgan fingerprint density at radius 1 is 0.871 bits per heavy atom. The molecule has 0 saturated carbocycles. The molecule has 1 fully saturated rings. The van der Waals surface area contributed by atoms with Crippen molar-refractivity contribution in [2.75, 3.05) is 26.2 Å². The fourth-order valence-electron chi connectivity index (χ4n) is 3.61. The minimum Gasteiger partial charge on any atom is -0.338 e. The van der Waals surface area contributed by atoms with Crippen molar-refractivity contribution in [3.05, 3.63) is 71.3 Å². The van der Waals surface area contributed by atoms with Crippen LogP contribution in [-0.2, 0) is 13.1 Å². The first-order valence-electron chi connectivity index (χ1n) is 10.1. The van der Waals surface area contributed by atoms with Crippen molar-refractivity contribution in [3.8, 4) is 17.1 Å². The molecule has 4 aromatic rings. The van der Waals surface area contributed by atoms with E-state index in [1.54, 1.807) is 4.68 Å². The second-order valence-corrected chi connectivity index (χ2v) is 7.85. The average molecular weight is 437 g/mol. The van der Waals surface area contributed by atoms with E-state index in [4.69, 9.17) is 16.1 Å². The Kier molecular flexibility index (Phi) is 5.70. The summed E-state index contributed by atoms with van der Waals surface area (Å²) >= 11 is 5.94. The lowest BCUT2D eigenvalue weighted by molar-refractivity contribution is 0.110. The van der Waals surface area contributed by atoms with Gasteiger partial charge in [0.1, 0.15) is 0 Å². The van der Waals surface area contributed by atoms with Crippen LogP contribution in [0.15, 0.2) is 59.1 Å². The molecule has 0 amide bonds. The summed E-state index contributed by atoms with van der Waals surface area (Å²) in [4.78, 5) is 9.19. The van der Waals surface area contributed by atoms with E-state index in [0.717, 1.165) is 43.3 Å². The van der Waals surface area contributed by atoms with Crippen molar-refractivity contribution in [2.24, 2.45) is 0 Å². The molecule has 0 atom stereocenters. The number of aromatic nitrogens is 6. The largest absolute Gasteiger partial charge is 0.338 e. The number of hydrogen-bond acceptors (Lipinski definition) is 8. The van der Waals surface area contributed by atoms with Gasteiger partial charge in [0.15, 0.2) is 5.82 Å². The van der Waals surface area contributed by atoms with Crippen LogP contribution < -0.4 is 0 Å². The maximum absolute atomic E-state index is 5.94. The Bertz CT molecular complexity index is 1120. The molecule has 1 saturated heterocycles. The van der Waals surface area contributed by atoms with Gasteiger partial charge in [-0.3, -0.25) is 9.80 Å². The third kappa shape index (κ3) is 4.63. The maximum atomic E-state index is 5.94. The van der Waals surface area contributed by atoms with Gasteiger partial charge >= 0.3 is 0 Å². The van der Waals surface area contributed by atoms with Gasteiger partial charge in [-0.1, -0.05) is 35.0 Å². The normalized spacial score (nSPS) is 15.4. The van der Waals surface area contributed by atoms with E-state index >= 15 is 0 Å². The molecular weight excluding hydrogens is 416 g/mol. The van der Waals surface area contributed by atoms with Crippen molar-refractivity contribution in [1.82, 2.24) is 40.1 Å². The van der Waals surface area contributed by atoms with E-state index in [1.165, 1.54) is 0 Å². The number of halogens is 1. The summed E-state index contributed by atoms with van der Waals surface area (Å²) in [7, 11) is 0. The summed E-state index contributed by atoms with van der Waals surface area (Å²) in [6.45, 7) is 4.99. The molecule has 9 nitrogen and oxygen atoms in total. The smallest absolute Gasteiger partial charge is 0.241 e. The average Bonchev–Trinajstić information content (AvgIpc) is 3.46. The van der Waals surface area contributed by atoms with Crippen LogP contribution in [0.25, 0.3) is 17.1 Å². The maximum Gasteiger partial charge on any atom is 0.241 e. The minimum absolute atomic E-state index is 0.582. The lowest BCUT2D eigenvalue weighted by atomic mass is 10.2. The van der Waals surface area contributed by atoms with Crippen molar-refractivity contribution in [3.63, 3.8) is 0 Å². The standard InChI is InChI=1S/C21H21ClN8O/c22-17-8-6-16(7-9-17)21-23-20(31-25-21)15-29-12-10-28(11-13-29)14-19-24-26-27-30(19)18-4-2-1-3-5-18/h1-9H,10-15H2. The van der Waals surface area contributed by atoms with Crippen LogP contribution in [0.4, 0.5) is 0 Å². The van der Waals surface area contributed by atoms with E-state index < -0.39 is 0 Å². The van der Waals surface area contributed by atoms with Gasteiger partial charge in [0.05, 0.1) is 18.8 Å². The number of nitrogens with zero attached hydrogens (tertiary/aromatic N) is 8. The summed E-state index contributed by atoms with van der Waals surface area (Å²) in [5, 5.41) is 17.0. The van der Waals surface area contributed by atoms with Gasteiger partial charge in [-0.15, -0.1) is 5.10 Å². The van der Waals surface area contributed by atoms with Gasteiger partial charge in [-0.2, -0.15) is 9.67 Å². The lowest BCUT2D eigenvalue weighted by Gasteiger charge is -2.33. The topological polar surface area (TPSA) is 89.0 Å². The molecule has 0 spiro atoms. The number of rotatable bonds is 6. The van der Waals surface area contributed by atoms with Gasteiger partial charge in [0.25, 0.3) is 0 Å². The Hall–Kier alpha value is -3.14. The molecule has 1 aliphatic rings. The molecule has 10 heteroatoms. The Balaban J connectivity index is 1.16. The predicted molar refractivity (Wildman–Crippen MR) is 114 cm³/mol. The summed E-state index contributed by atoms with van der Waals surface area (Å²) < 4.78 is 7.24. The van der Waals surface area contributed by atoms with Crippen LogP contribution in [0, 0.1) is 0 Å². The second kappa shape index (κ2) is 8.93. The van der Waals surface area contributed by atoms with Crippen LogP contribution in [0.1, 0.15) is 11.7 Å². The van der Waals surface area contributed by atoms with E-state index in [0.29, 0.717) is 29.8 Å². The zero-order valence-corrected chi connectivity index (χ0v) is 17.6. The highest BCUT2D eigenvalue weighted by molar-refractivity contribution is 6.30. The molecule has 2 aromatic heterocycles. The molecule has 0 aliphatic carbocycles. The van der Waals surface area contributed by atoms with E-state index in [-0.39, 0.29) is 0 Å². The molecule has 0 unspecified atom stereocenters. The molecule has 1 aliphatic heterocycles. The van der Waals surface area contributed by atoms with Crippen molar-refractivity contribution < 1.29 is 4.52 Å². The van der Waals surface area contributed by atoms with E-state index in [2.05, 4.69) is 35.5 Å². The van der Waals surface area contributed by atoms with Gasteiger partial charge in [-0.25, -0.2) is 0 Å². The van der Waals surface area contributed by atoms with Crippen LogP contribution in [0.5, 0.6) is 0 Å². The summed E-state index contributed by atoms with van der Waals surface area (Å²) in [5.74, 6) is 2.04. The molecule has 5 rings (SSSR count). The SMILES string of the molecule is Clc1ccc(-c2noc(CN3CCN(Cc4nnnn4-c4ccccc4)CC3)n2)cc1. The second-order valence-electron chi connectivity index (χ2n) is 7.41. The first-order valence-corrected chi connectivity index (χ1v) is 10.5. The van der Waals surface area contributed by atoms with Crippen LogP contribution in [-0.4, -0.2) is 66.3 Å². The fraction of sp³-hybridized carbons (Fsp3) is 0.286. The predicted octanol–water partition coefficient (Wildman–Crippen LogP) is 2.68. The monoisotopic (exact) mass is 436 g/mol. The van der Waals surface area contributed by atoms with Gasteiger partial charge < -0.3 is 4.52 Å². The molecule has 3 heterocycles. The zero-order chi connectivity index (χ0) is 21.0. The van der Waals surface area contributed by atoms with Crippen LogP contribution in [0.3, 0.4) is 0 Å². The molecule has 0 N–H and O–H groups in total. The van der Waals surface area contributed by atoms with Gasteiger partial charge in [0, 0.05) is 36.8 Å². The molecule has 0 radical (unpaired) electrons. The van der Waals surface area contributed by atoms with E-state index in [1.807, 2.05) is 54.6 Å². The first kappa shape index (κ1) is 19.8. The quantitative estimate of drug-likeness (QED) is 0.455. The van der Waals surface area contributed by atoms with E-state index in [9.17, 15) is 0 Å². The molecular formula is C21H21ClN8O. The van der Waals surface area contributed by atoms with Gasteiger partial charge in [0.2, 0.25) is 11.7 Å². The Labute approximate surface area is 184 Å². The lowest BCUT2D eigenvalue weighted by Crippen LogP contribution is -2.45. The number of piperazine rings is 1. The fourth-order valence-corrected chi connectivity index (χ4v) is 3.73.